The van der Waals surface area contributed by atoms with Gasteiger partial charge in [-0.2, -0.15) is 30.7 Å². The summed E-state index contributed by atoms with van der Waals surface area (Å²) in [6.45, 7) is 1.23. The van der Waals surface area contributed by atoms with Crippen LogP contribution in [0.25, 0.3) is 0 Å². The molecule has 0 fully saturated rings. The van der Waals surface area contributed by atoms with E-state index >= 15 is 0 Å². The predicted octanol–water partition coefficient (Wildman–Crippen LogP) is 2.52. The Bertz CT molecular complexity index is 335. The van der Waals surface area contributed by atoms with Gasteiger partial charge in [-0.25, -0.2) is 4.79 Å². The summed E-state index contributed by atoms with van der Waals surface area (Å²) in [4.78, 5) is 11.0. The van der Waals surface area contributed by atoms with E-state index in [1.54, 1.807) is 0 Å². The maximum atomic E-state index is 13.0. The molecule has 0 heterocycles. The van der Waals surface area contributed by atoms with Crippen molar-refractivity contribution in [1.82, 2.24) is 0 Å². The Morgan fingerprint density at radius 3 is 1.84 bits per heavy atom. The van der Waals surface area contributed by atoms with Crippen molar-refractivity contribution >= 4 is 5.97 Å². The number of hydrogen-bond donors (Lipinski definition) is 1. The topological polar surface area (TPSA) is 46.5 Å². The molecule has 0 aromatic carbocycles. The van der Waals surface area contributed by atoms with E-state index in [1.165, 1.54) is 6.92 Å². The fourth-order valence-electron chi connectivity index (χ4n) is 1.11. The lowest BCUT2D eigenvalue weighted by atomic mass is 9.94. The zero-order chi connectivity index (χ0) is 15.7. The van der Waals surface area contributed by atoms with Gasteiger partial charge >= 0.3 is 24.0 Å². The zero-order valence-corrected chi connectivity index (χ0v) is 9.82. The van der Waals surface area contributed by atoms with Crippen LogP contribution in [-0.4, -0.2) is 41.3 Å². The van der Waals surface area contributed by atoms with E-state index in [0.717, 1.165) is 0 Å². The Hall–Kier alpha value is -1.06. The van der Waals surface area contributed by atoms with E-state index in [2.05, 4.69) is 4.74 Å². The van der Waals surface area contributed by atoms with E-state index in [-0.39, 0.29) is 6.61 Å². The monoisotopic (exact) mass is 300 g/mol. The van der Waals surface area contributed by atoms with Gasteiger partial charge in [0, 0.05) is 0 Å². The summed E-state index contributed by atoms with van der Waals surface area (Å²) < 4.78 is 90.6. The van der Waals surface area contributed by atoms with Crippen LogP contribution in [0.1, 0.15) is 20.3 Å². The molecule has 10 heteroatoms. The van der Waals surface area contributed by atoms with Gasteiger partial charge in [0.25, 0.3) is 0 Å². The summed E-state index contributed by atoms with van der Waals surface area (Å²) in [6, 6.07) is 0. The van der Waals surface area contributed by atoms with Crippen molar-refractivity contribution in [2.45, 2.75) is 43.9 Å². The lowest BCUT2D eigenvalue weighted by molar-refractivity contribution is -0.360. The molecule has 0 aliphatic carbocycles. The number of ether oxygens (including phenoxy) is 1. The van der Waals surface area contributed by atoms with Crippen LogP contribution >= 0.6 is 0 Å². The van der Waals surface area contributed by atoms with E-state index in [9.17, 15) is 40.6 Å². The zero-order valence-electron chi connectivity index (χ0n) is 9.82. The van der Waals surface area contributed by atoms with Gasteiger partial charge in [0.05, 0.1) is 13.0 Å². The van der Waals surface area contributed by atoms with Crippen LogP contribution in [0, 0.1) is 0 Å². The minimum absolute atomic E-state index is 0.365. The number of halogens is 7. The van der Waals surface area contributed by atoms with Crippen LogP contribution in [0.15, 0.2) is 0 Å². The first-order chi connectivity index (χ1) is 8.19. The molecule has 0 aliphatic heterocycles. The molecule has 0 rings (SSSR count). The highest BCUT2D eigenvalue weighted by Crippen LogP contribution is 2.49. The molecule has 1 atom stereocenters. The number of alkyl halides is 7. The number of aliphatic hydroxyl groups is 1. The molecule has 0 saturated heterocycles. The number of rotatable bonds is 5. The minimum atomic E-state index is -6.51. The molecule has 3 nitrogen and oxygen atoms in total. The van der Waals surface area contributed by atoms with E-state index in [0.29, 0.717) is 6.92 Å². The standard InChI is InChI=1S/C9H11F7O3/c1-3-19-5(17)6(2,18)4-7(10,11)8(12,13)9(14,15)16/h18H,3-4H2,1-2H3. The minimum Gasteiger partial charge on any atom is -0.464 e. The Labute approximate surface area is 103 Å². The summed E-state index contributed by atoms with van der Waals surface area (Å²) in [7, 11) is 0. The van der Waals surface area contributed by atoms with Crippen molar-refractivity contribution in [1.29, 1.82) is 0 Å². The van der Waals surface area contributed by atoms with Gasteiger partial charge < -0.3 is 9.84 Å². The van der Waals surface area contributed by atoms with Gasteiger partial charge in [0.2, 0.25) is 0 Å². The smallest absolute Gasteiger partial charge is 0.459 e. The third-order valence-corrected chi connectivity index (χ3v) is 2.10. The van der Waals surface area contributed by atoms with Gasteiger partial charge in [-0.15, -0.1) is 0 Å². The molecule has 0 bridgehead atoms. The summed E-state index contributed by atoms with van der Waals surface area (Å²) in [5, 5.41) is 9.22. The lowest BCUT2D eigenvalue weighted by Gasteiger charge is -2.32. The molecule has 0 radical (unpaired) electrons. The summed E-state index contributed by atoms with van der Waals surface area (Å²) in [5.74, 6) is -13.8. The largest absolute Gasteiger partial charge is 0.464 e. The summed E-state index contributed by atoms with van der Waals surface area (Å²) in [6.07, 6.45) is -8.94. The highest BCUT2D eigenvalue weighted by atomic mass is 19.4. The van der Waals surface area contributed by atoms with E-state index < -0.39 is 36.0 Å². The summed E-state index contributed by atoms with van der Waals surface area (Å²) in [5.41, 5.74) is -3.17. The quantitative estimate of drug-likeness (QED) is 0.627. The van der Waals surface area contributed by atoms with Crippen molar-refractivity contribution in [2.75, 3.05) is 6.61 Å². The molecule has 0 aliphatic rings. The van der Waals surface area contributed by atoms with Crippen molar-refractivity contribution < 1.29 is 45.4 Å². The van der Waals surface area contributed by atoms with Crippen LogP contribution in [0.2, 0.25) is 0 Å². The predicted molar refractivity (Wildman–Crippen MR) is 47.8 cm³/mol. The number of hydrogen-bond acceptors (Lipinski definition) is 3. The number of esters is 1. The maximum Gasteiger partial charge on any atom is 0.459 e. The fraction of sp³-hybridized carbons (Fsp3) is 0.889. The van der Waals surface area contributed by atoms with Crippen LogP contribution < -0.4 is 0 Å². The molecule has 0 spiro atoms. The molecule has 0 aromatic rings. The van der Waals surface area contributed by atoms with Crippen molar-refractivity contribution in [3.05, 3.63) is 0 Å². The Morgan fingerprint density at radius 1 is 1.11 bits per heavy atom. The highest BCUT2D eigenvalue weighted by molar-refractivity contribution is 5.78. The van der Waals surface area contributed by atoms with Crippen molar-refractivity contribution in [2.24, 2.45) is 0 Å². The first-order valence-corrected chi connectivity index (χ1v) is 4.91. The van der Waals surface area contributed by atoms with E-state index in [1.807, 2.05) is 0 Å². The Kier molecular flexibility index (Phi) is 4.85. The molecule has 1 N–H and O–H groups in total. The summed E-state index contributed by atoms with van der Waals surface area (Å²) >= 11 is 0. The number of carbonyl (C=O) groups is 1. The molecular formula is C9H11F7O3. The first-order valence-electron chi connectivity index (χ1n) is 4.91. The molecule has 114 valence electrons. The van der Waals surface area contributed by atoms with Gasteiger partial charge in [0.1, 0.15) is 0 Å². The van der Waals surface area contributed by atoms with Crippen LogP contribution in [-0.2, 0) is 9.53 Å². The van der Waals surface area contributed by atoms with Crippen LogP contribution in [0.4, 0.5) is 30.7 Å². The van der Waals surface area contributed by atoms with Crippen LogP contribution in [0.5, 0.6) is 0 Å². The molecule has 0 saturated carbocycles. The van der Waals surface area contributed by atoms with Gasteiger partial charge in [-0.1, -0.05) is 0 Å². The fourth-order valence-corrected chi connectivity index (χ4v) is 1.11. The molecule has 0 aromatic heterocycles. The Morgan fingerprint density at radius 2 is 1.53 bits per heavy atom. The van der Waals surface area contributed by atoms with Gasteiger partial charge in [-0.05, 0) is 13.8 Å². The number of carbonyl (C=O) groups excluding carboxylic acids is 1. The van der Waals surface area contributed by atoms with Crippen LogP contribution in [0.3, 0.4) is 0 Å². The third-order valence-electron chi connectivity index (χ3n) is 2.10. The van der Waals surface area contributed by atoms with Gasteiger partial charge in [-0.3, -0.25) is 0 Å². The second-order valence-corrected chi connectivity index (χ2v) is 3.95. The average Bonchev–Trinajstić information content (AvgIpc) is 2.14. The normalized spacial score (nSPS) is 16.9. The maximum absolute atomic E-state index is 13.0. The van der Waals surface area contributed by atoms with Crippen molar-refractivity contribution in [3.8, 4) is 0 Å². The lowest BCUT2D eigenvalue weighted by Crippen LogP contribution is -2.56. The molecule has 0 amide bonds. The van der Waals surface area contributed by atoms with Gasteiger partial charge in [0.15, 0.2) is 5.60 Å². The SMILES string of the molecule is CCOC(=O)C(C)(O)CC(F)(F)C(F)(F)C(F)(F)F. The second kappa shape index (κ2) is 5.14. The molecule has 19 heavy (non-hydrogen) atoms. The average molecular weight is 300 g/mol. The first kappa shape index (κ1) is 17.9. The molecular weight excluding hydrogens is 289 g/mol. The second-order valence-electron chi connectivity index (χ2n) is 3.95. The third kappa shape index (κ3) is 3.71. The highest BCUT2D eigenvalue weighted by Gasteiger charge is 2.74. The van der Waals surface area contributed by atoms with Crippen molar-refractivity contribution in [3.63, 3.8) is 0 Å². The van der Waals surface area contributed by atoms with E-state index in [4.69, 9.17) is 0 Å². The molecule has 1 unspecified atom stereocenters. The Balaban J connectivity index is 5.21.